The summed E-state index contributed by atoms with van der Waals surface area (Å²) in [7, 11) is 0. The van der Waals surface area contributed by atoms with Crippen molar-refractivity contribution in [2.75, 3.05) is 13.1 Å². The van der Waals surface area contributed by atoms with Gasteiger partial charge in [0.1, 0.15) is 0 Å². The van der Waals surface area contributed by atoms with E-state index in [-0.39, 0.29) is 12.1 Å². The van der Waals surface area contributed by atoms with Gasteiger partial charge in [0.05, 0.1) is 6.10 Å². The van der Waals surface area contributed by atoms with E-state index in [4.69, 9.17) is 0 Å². The summed E-state index contributed by atoms with van der Waals surface area (Å²) in [5, 5.41) is 12.7. The molecule has 2 rings (SSSR count). The Kier molecular flexibility index (Phi) is 5.08. The molecule has 1 unspecified atom stereocenters. The molecule has 0 aromatic heterocycles. The molecule has 0 radical (unpaired) electrons. The van der Waals surface area contributed by atoms with Crippen molar-refractivity contribution in [2.24, 2.45) is 11.8 Å². The molecule has 1 saturated carbocycles. The van der Waals surface area contributed by atoms with Gasteiger partial charge in [-0.2, -0.15) is 0 Å². The Hall–Kier alpha value is -0.770. The van der Waals surface area contributed by atoms with Gasteiger partial charge in [0.15, 0.2) is 0 Å². The molecule has 4 nitrogen and oxygen atoms in total. The van der Waals surface area contributed by atoms with Crippen LogP contribution in [0.25, 0.3) is 0 Å². The third-order valence-corrected chi connectivity index (χ3v) is 4.85. The second-order valence-electron chi connectivity index (χ2n) is 6.47. The number of piperidine rings is 1. The number of rotatable bonds is 2. The van der Waals surface area contributed by atoms with Crippen LogP contribution in [0.2, 0.25) is 0 Å². The Bertz CT molecular complexity index is 291. The molecule has 1 atom stereocenters. The summed E-state index contributed by atoms with van der Waals surface area (Å²) in [6, 6.07) is 0.474. The molecule has 0 spiro atoms. The van der Waals surface area contributed by atoms with Crippen LogP contribution >= 0.6 is 0 Å². The summed E-state index contributed by atoms with van der Waals surface area (Å²) in [4.78, 5) is 14.1. The number of carbonyl (C=O) groups is 1. The van der Waals surface area contributed by atoms with Crippen molar-refractivity contribution in [2.45, 2.75) is 64.5 Å². The molecule has 2 amide bonds. The lowest BCUT2D eigenvalue weighted by Crippen LogP contribution is -2.49. The number of hydrogen-bond donors (Lipinski definition) is 2. The highest BCUT2D eigenvalue weighted by atomic mass is 16.3. The topological polar surface area (TPSA) is 52.6 Å². The highest BCUT2D eigenvalue weighted by molar-refractivity contribution is 5.74. The fourth-order valence-electron chi connectivity index (χ4n) is 3.26. The lowest BCUT2D eigenvalue weighted by Gasteiger charge is -2.35. The molecule has 4 heteroatoms. The lowest BCUT2D eigenvalue weighted by molar-refractivity contribution is 0.0789. The molecular formula is C15H28N2O2. The van der Waals surface area contributed by atoms with Crippen molar-refractivity contribution in [3.63, 3.8) is 0 Å². The van der Waals surface area contributed by atoms with E-state index >= 15 is 0 Å². The molecule has 1 aliphatic heterocycles. The van der Waals surface area contributed by atoms with Gasteiger partial charge in [0.25, 0.3) is 0 Å². The predicted molar refractivity (Wildman–Crippen MR) is 75.9 cm³/mol. The van der Waals surface area contributed by atoms with Gasteiger partial charge in [-0.1, -0.05) is 6.92 Å². The molecule has 1 heterocycles. The van der Waals surface area contributed by atoms with Crippen LogP contribution in [-0.2, 0) is 0 Å². The monoisotopic (exact) mass is 268 g/mol. The Morgan fingerprint density at radius 1 is 1.16 bits per heavy atom. The summed E-state index contributed by atoms with van der Waals surface area (Å²) in [6.07, 6.45) is 6.31. The van der Waals surface area contributed by atoms with Crippen LogP contribution in [0.4, 0.5) is 4.79 Å². The molecule has 110 valence electrons. The van der Waals surface area contributed by atoms with Gasteiger partial charge in [0, 0.05) is 19.1 Å². The molecule has 0 bridgehead atoms. The van der Waals surface area contributed by atoms with Gasteiger partial charge in [-0.05, 0) is 57.3 Å². The van der Waals surface area contributed by atoms with E-state index in [0.29, 0.717) is 12.0 Å². The zero-order chi connectivity index (χ0) is 13.8. The van der Waals surface area contributed by atoms with E-state index in [1.807, 2.05) is 11.8 Å². The normalized spacial score (nSPS) is 31.0. The van der Waals surface area contributed by atoms with Gasteiger partial charge >= 0.3 is 6.03 Å². The minimum atomic E-state index is -0.245. The van der Waals surface area contributed by atoms with E-state index in [9.17, 15) is 9.90 Å². The van der Waals surface area contributed by atoms with Crippen LogP contribution < -0.4 is 5.32 Å². The van der Waals surface area contributed by atoms with Crippen LogP contribution in [0.1, 0.15) is 52.4 Å². The van der Waals surface area contributed by atoms with Gasteiger partial charge < -0.3 is 15.3 Å². The van der Waals surface area contributed by atoms with Crippen LogP contribution in [0.3, 0.4) is 0 Å². The average molecular weight is 268 g/mol. The summed E-state index contributed by atoms with van der Waals surface area (Å²) in [5.41, 5.74) is 0. The van der Waals surface area contributed by atoms with Crippen LogP contribution in [0, 0.1) is 11.8 Å². The number of aliphatic hydroxyl groups excluding tert-OH is 1. The maximum atomic E-state index is 12.2. The first kappa shape index (κ1) is 14.6. The number of aliphatic hydroxyl groups is 1. The summed E-state index contributed by atoms with van der Waals surface area (Å²) in [6.45, 7) is 5.71. The molecule has 0 aromatic carbocycles. The first-order valence-corrected chi connectivity index (χ1v) is 7.79. The highest BCUT2D eigenvalue weighted by Crippen LogP contribution is 2.24. The fourth-order valence-corrected chi connectivity index (χ4v) is 3.26. The molecule has 1 saturated heterocycles. The first-order valence-electron chi connectivity index (χ1n) is 7.79. The van der Waals surface area contributed by atoms with Crippen LogP contribution in [0.5, 0.6) is 0 Å². The Morgan fingerprint density at radius 3 is 2.26 bits per heavy atom. The first-order chi connectivity index (χ1) is 9.06. The Morgan fingerprint density at radius 2 is 1.74 bits per heavy atom. The van der Waals surface area contributed by atoms with E-state index in [0.717, 1.165) is 44.7 Å². The zero-order valence-corrected chi connectivity index (χ0v) is 12.3. The molecule has 2 fully saturated rings. The molecular weight excluding hydrogens is 240 g/mol. The molecule has 2 aliphatic rings. The quantitative estimate of drug-likeness (QED) is 0.808. The van der Waals surface area contributed by atoms with Gasteiger partial charge in [0.2, 0.25) is 0 Å². The van der Waals surface area contributed by atoms with Crippen molar-refractivity contribution >= 4 is 6.03 Å². The molecule has 0 aromatic rings. The van der Waals surface area contributed by atoms with Gasteiger partial charge in [-0.25, -0.2) is 4.79 Å². The van der Waals surface area contributed by atoms with E-state index < -0.39 is 0 Å². The standard InChI is InChI=1S/C15H28N2O2/c1-11-3-5-14(6-4-11)16-15(19)17-9-7-13(8-10-17)12(2)18/h11-14,18H,3-10H2,1-2H3,(H,16,19). The number of nitrogens with zero attached hydrogens (tertiary/aromatic N) is 1. The van der Waals surface area contributed by atoms with E-state index in [2.05, 4.69) is 12.2 Å². The van der Waals surface area contributed by atoms with E-state index in [1.165, 1.54) is 12.8 Å². The summed E-state index contributed by atoms with van der Waals surface area (Å²) in [5.74, 6) is 1.18. The Labute approximate surface area is 116 Å². The Balaban J connectivity index is 1.72. The smallest absolute Gasteiger partial charge is 0.317 e. The number of amides is 2. The highest BCUT2D eigenvalue weighted by Gasteiger charge is 2.27. The lowest BCUT2D eigenvalue weighted by atomic mass is 9.87. The zero-order valence-electron chi connectivity index (χ0n) is 12.3. The van der Waals surface area contributed by atoms with Crippen molar-refractivity contribution in [3.05, 3.63) is 0 Å². The second kappa shape index (κ2) is 6.60. The number of hydrogen-bond acceptors (Lipinski definition) is 2. The third-order valence-electron chi connectivity index (χ3n) is 4.85. The average Bonchev–Trinajstić information content (AvgIpc) is 2.41. The molecule has 2 N–H and O–H groups in total. The largest absolute Gasteiger partial charge is 0.393 e. The SMILES string of the molecule is CC1CCC(NC(=O)N2CCC(C(C)O)CC2)CC1. The number of carbonyl (C=O) groups excluding carboxylic acids is 1. The van der Waals surface area contributed by atoms with Gasteiger partial charge in [-0.3, -0.25) is 0 Å². The number of likely N-dealkylation sites (tertiary alicyclic amines) is 1. The summed E-state index contributed by atoms with van der Waals surface area (Å²) >= 11 is 0. The minimum Gasteiger partial charge on any atom is -0.393 e. The van der Waals surface area contributed by atoms with Gasteiger partial charge in [-0.15, -0.1) is 0 Å². The van der Waals surface area contributed by atoms with Crippen LogP contribution in [-0.4, -0.2) is 41.3 Å². The van der Waals surface area contributed by atoms with Crippen molar-refractivity contribution in [1.82, 2.24) is 10.2 Å². The third kappa shape index (κ3) is 4.10. The van der Waals surface area contributed by atoms with Crippen molar-refractivity contribution in [1.29, 1.82) is 0 Å². The number of nitrogens with one attached hydrogen (secondary N) is 1. The predicted octanol–water partition coefficient (Wildman–Crippen LogP) is 2.37. The summed E-state index contributed by atoms with van der Waals surface area (Å²) < 4.78 is 0. The number of urea groups is 1. The second-order valence-corrected chi connectivity index (χ2v) is 6.47. The maximum absolute atomic E-state index is 12.2. The minimum absolute atomic E-state index is 0.101. The van der Waals surface area contributed by atoms with Crippen LogP contribution in [0.15, 0.2) is 0 Å². The van der Waals surface area contributed by atoms with Crippen molar-refractivity contribution in [3.8, 4) is 0 Å². The fraction of sp³-hybridized carbons (Fsp3) is 0.933. The van der Waals surface area contributed by atoms with Crippen molar-refractivity contribution < 1.29 is 9.90 Å². The van der Waals surface area contributed by atoms with E-state index in [1.54, 1.807) is 0 Å². The molecule has 19 heavy (non-hydrogen) atoms. The molecule has 1 aliphatic carbocycles. The maximum Gasteiger partial charge on any atom is 0.317 e.